The second-order valence-electron chi connectivity index (χ2n) is 12.8. The van der Waals surface area contributed by atoms with Crippen molar-refractivity contribution in [2.75, 3.05) is 43.4 Å². The van der Waals surface area contributed by atoms with E-state index in [0.29, 0.717) is 47.3 Å². The van der Waals surface area contributed by atoms with Crippen molar-refractivity contribution in [2.24, 2.45) is 5.73 Å². The molecule has 3 aromatic rings. The largest absolute Gasteiger partial charge is 0.507 e. The van der Waals surface area contributed by atoms with Crippen molar-refractivity contribution in [1.29, 1.82) is 10.8 Å². The molecule has 52 heavy (non-hydrogen) atoms. The number of likely N-dealkylation sites (tertiary alicyclic amines) is 1. The Bertz CT molecular complexity index is 1650. The van der Waals surface area contributed by atoms with Crippen LogP contribution in [0.5, 0.6) is 5.75 Å². The normalized spacial score (nSPS) is 18.4. The molecule has 2 aliphatic rings. The Kier molecular flexibility index (Phi) is 16.5. The summed E-state index contributed by atoms with van der Waals surface area (Å²) in [6.45, 7) is 5.77. The number of nitrogens with zero attached hydrogens (tertiary/aromatic N) is 3. The molecule has 3 aromatic carbocycles. The maximum Gasteiger partial charge on any atom is 0.267 e. The minimum absolute atomic E-state index is 0. The molecule has 0 spiro atoms. The summed E-state index contributed by atoms with van der Waals surface area (Å²) < 4.78 is 31.2. The summed E-state index contributed by atoms with van der Waals surface area (Å²) in [6, 6.07) is 21.2. The number of piperidine rings is 2. The van der Waals surface area contributed by atoms with Gasteiger partial charge in [-0.3, -0.25) is 10.3 Å². The average molecular weight is 793 g/mol. The van der Waals surface area contributed by atoms with E-state index in [2.05, 4.69) is 10.2 Å². The van der Waals surface area contributed by atoms with Gasteiger partial charge in [0, 0.05) is 87.8 Å². The number of halogens is 2. The van der Waals surface area contributed by atoms with Gasteiger partial charge in [0.15, 0.2) is 0 Å². The van der Waals surface area contributed by atoms with Gasteiger partial charge < -0.3 is 36.5 Å². The zero-order chi connectivity index (χ0) is 37.1. The number of amidine groups is 1. The van der Waals surface area contributed by atoms with E-state index in [0.717, 1.165) is 43.0 Å². The molecule has 0 amide bonds. The number of anilines is 2. The topological polar surface area (TPSA) is 153 Å². The van der Waals surface area contributed by atoms with Gasteiger partial charge in [0.05, 0.1) is 18.2 Å². The van der Waals surface area contributed by atoms with Crippen LogP contribution in [0.2, 0.25) is 0 Å². The molecule has 5 rings (SSSR count). The van der Waals surface area contributed by atoms with Crippen molar-refractivity contribution in [3.8, 4) is 5.75 Å². The number of carbonyl (C=O) groups excluding carboxylic acids is 1. The number of alkyl halides is 2. The number of hydrogen-bond acceptors (Lipinski definition) is 9. The molecule has 10 nitrogen and oxygen atoms in total. The van der Waals surface area contributed by atoms with Crippen LogP contribution in [-0.2, 0) is 37.5 Å². The molecule has 2 saturated heterocycles. The zero-order valence-electron chi connectivity index (χ0n) is 30.2. The number of nitrogens with two attached hydrogens (primary N) is 1. The van der Waals surface area contributed by atoms with Gasteiger partial charge >= 0.3 is 0 Å². The van der Waals surface area contributed by atoms with E-state index in [1.165, 1.54) is 19.2 Å². The van der Waals surface area contributed by atoms with E-state index in [1.807, 2.05) is 43.0 Å². The number of nitrogens with one attached hydrogen (secondary N) is 3. The van der Waals surface area contributed by atoms with Crippen LogP contribution >= 0.6 is 0 Å². The maximum absolute atomic E-state index is 15.6. The monoisotopic (exact) mass is 792 g/mol. The first kappa shape index (κ1) is 42.9. The quantitative estimate of drug-likeness (QED) is 0.0358. The van der Waals surface area contributed by atoms with Gasteiger partial charge in [-0.25, -0.2) is 8.78 Å². The van der Waals surface area contributed by atoms with Gasteiger partial charge in [0.1, 0.15) is 24.0 Å². The van der Waals surface area contributed by atoms with Crippen LogP contribution in [0.25, 0.3) is 5.57 Å². The standard InChI is InChI=1S/C37H45F2N7O3.C2H6.Y/c1-44(49)35(7-4-22-47)43-27-12-8-26(9-13-27)32-18-21-46(24-37(32,38)39)29-16-19-45(20-17-29)28-14-10-25(11-15-28)31(36(41)42)23-33(40)30-5-2-3-6-34(30)48;1-2;/h2-3,5-6,8-15,22-23,29,32,35,40,43,48-49H,4,7,16-21,24H2,1H3,(H3,41,42);1-2H3;/b31-23-,40-33?;;. The van der Waals surface area contributed by atoms with Gasteiger partial charge in [-0.15, -0.1) is 0 Å². The van der Waals surface area contributed by atoms with Crippen LogP contribution in [-0.4, -0.2) is 89.5 Å². The van der Waals surface area contributed by atoms with Crippen molar-refractivity contribution in [2.45, 2.75) is 70.0 Å². The third-order valence-corrected chi connectivity index (χ3v) is 9.58. The summed E-state index contributed by atoms with van der Waals surface area (Å²) in [4.78, 5) is 14.9. The van der Waals surface area contributed by atoms with Crippen LogP contribution in [0.4, 0.5) is 20.2 Å². The first-order chi connectivity index (χ1) is 24.5. The van der Waals surface area contributed by atoms with Gasteiger partial charge in [0.25, 0.3) is 5.92 Å². The number of phenols is 1. The number of aromatic hydroxyl groups is 1. The smallest absolute Gasteiger partial charge is 0.267 e. The minimum Gasteiger partial charge on any atom is -0.507 e. The number of hydrogen-bond donors (Lipinski definition) is 6. The van der Waals surface area contributed by atoms with E-state index in [1.54, 1.807) is 42.5 Å². The fraction of sp³-hybridized carbons (Fsp3) is 0.410. The Labute approximate surface area is 330 Å². The Morgan fingerprint density at radius 2 is 1.65 bits per heavy atom. The van der Waals surface area contributed by atoms with Crippen LogP contribution in [0.1, 0.15) is 68.6 Å². The fourth-order valence-corrected chi connectivity index (χ4v) is 6.85. The van der Waals surface area contributed by atoms with Crippen LogP contribution < -0.4 is 16.0 Å². The van der Waals surface area contributed by atoms with Gasteiger partial charge in [-0.1, -0.05) is 50.2 Å². The Morgan fingerprint density at radius 3 is 2.21 bits per heavy atom. The van der Waals surface area contributed by atoms with Gasteiger partial charge in [-0.2, -0.15) is 5.06 Å². The fourth-order valence-electron chi connectivity index (χ4n) is 6.85. The third-order valence-electron chi connectivity index (χ3n) is 9.58. The van der Waals surface area contributed by atoms with E-state index in [-0.39, 0.29) is 69.0 Å². The molecule has 0 bridgehead atoms. The summed E-state index contributed by atoms with van der Waals surface area (Å²) in [7, 11) is 1.49. The zero-order valence-corrected chi connectivity index (χ0v) is 33.1. The van der Waals surface area contributed by atoms with Crippen molar-refractivity contribution in [3.63, 3.8) is 0 Å². The molecular weight excluding hydrogens is 741 g/mol. The van der Waals surface area contributed by atoms with Gasteiger partial charge in [0.2, 0.25) is 0 Å². The number of phenolic OH excluding ortho intramolecular Hbond substituents is 1. The van der Waals surface area contributed by atoms with Crippen molar-refractivity contribution < 1.29 is 56.6 Å². The maximum atomic E-state index is 15.6. The second kappa shape index (κ2) is 20.1. The Morgan fingerprint density at radius 1 is 1.02 bits per heavy atom. The molecule has 1 radical (unpaired) electrons. The molecule has 2 aliphatic heterocycles. The van der Waals surface area contributed by atoms with Crippen LogP contribution in [0.15, 0.2) is 78.9 Å². The molecule has 0 aromatic heterocycles. The number of aldehydes is 1. The molecule has 2 unspecified atom stereocenters. The first-order valence-electron chi connectivity index (χ1n) is 17.6. The summed E-state index contributed by atoms with van der Waals surface area (Å²) in [5, 5.41) is 40.6. The van der Waals surface area contributed by atoms with Crippen molar-refractivity contribution in [3.05, 3.63) is 95.6 Å². The third kappa shape index (κ3) is 11.0. The van der Waals surface area contributed by atoms with Gasteiger partial charge in [-0.05, 0) is 85.8 Å². The number of hydroxylamine groups is 2. The van der Waals surface area contributed by atoms with Crippen molar-refractivity contribution >= 4 is 34.8 Å². The minimum atomic E-state index is -2.88. The van der Waals surface area contributed by atoms with E-state index < -0.39 is 18.0 Å². The Balaban J connectivity index is 0.00000239. The number of para-hydroxylation sites is 1. The predicted molar refractivity (Wildman–Crippen MR) is 200 cm³/mol. The van der Waals surface area contributed by atoms with E-state index in [4.69, 9.17) is 16.6 Å². The summed E-state index contributed by atoms with van der Waals surface area (Å²) in [5.74, 6) is -3.96. The van der Waals surface area contributed by atoms with E-state index >= 15 is 8.78 Å². The Hall–Kier alpha value is -3.55. The summed E-state index contributed by atoms with van der Waals surface area (Å²) >= 11 is 0. The predicted octanol–water partition coefficient (Wildman–Crippen LogP) is 6.94. The molecule has 13 heteroatoms. The average Bonchev–Trinajstić information content (AvgIpc) is 3.13. The SMILES string of the molecule is CC.CN(O)C(CCC=O)Nc1ccc(C2CCN(C3CCN(c4ccc(/C(=C/C(=N)c5ccccc5O)C(=N)N)cc4)CC3)CC2(F)F)cc1.[Y]. The second-order valence-corrected chi connectivity index (χ2v) is 12.8. The molecule has 2 heterocycles. The number of rotatable bonds is 13. The van der Waals surface area contributed by atoms with E-state index in [9.17, 15) is 15.1 Å². The summed E-state index contributed by atoms with van der Waals surface area (Å²) in [5.41, 5.74) is 9.59. The summed E-state index contributed by atoms with van der Waals surface area (Å²) in [6.07, 6.45) is 4.40. The number of benzene rings is 3. The van der Waals surface area contributed by atoms with Crippen LogP contribution in [0, 0.1) is 10.8 Å². The van der Waals surface area contributed by atoms with Crippen LogP contribution in [0.3, 0.4) is 0 Å². The molecule has 2 atom stereocenters. The molecule has 7 N–H and O–H groups in total. The molecular formula is C39H51F2N7O3Y. The number of allylic oxidation sites excluding steroid dienone is 1. The molecule has 2 fully saturated rings. The molecule has 0 saturated carbocycles. The first-order valence-corrected chi connectivity index (χ1v) is 17.6. The van der Waals surface area contributed by atoms with Crippen molar-refractivity contribution in [1.82, 2.24) is 9.96 Å². The molecule has 0 aliphatic carbocycles. The molecule has 277 valence electrons. The number of carbonyl (C=O) groups is 1.